The van der Waals surface area contributed by atoms with Crippen molar-refractivity contribution in [3.8, 4) is 17.2 Å². The van der Waals surface area contributed by atoms with Gasteiger partial charge in [0.05, 0.1) is 5.56 Å². The molecule has 0 fully saturated rings. The summed E-state index contributed by atoms with van der Waals surface area (Å²) in [5.41, 5.74) is -0.992. The van der Waals surface area contributed by atoms with Crippen LogP contribution in [0, 0.1) is 0 Å². The molecule has 0 saturated carbocycles. The van der Waals surface area contributed by atoms with Gasteiger partial charge in [0.15, 0.2) is 17.3 Å². The van der Waals surface area contributed by atoms with E-state index in [0.29, 0.717) is 12.8 Å². The first-order valence-corrected chi connectivity index (χ1v) is 7.10. The Kier molecular flexibility index (Phi) is 4.40. The van der Waals surface area contributed by atoms with E-state index in [-0.39, 0.29) is 29.8 Å². The van der Waals surface area contributed by atoms with Crippen molar-refractivity contribution in [3.63, 3.8) is 0 Å². The Labute approximate surface area is 131 Å². The maximum absolute atomic E-state index is 11.9. The lowest BCUT2D eigenvalue weighted by atomic mass is 9.88. The molecule has 0 atom stereocenters. The quantitative estimate of drug-likeness (QED) is 0.369. The minimum Gasteiger partial charge on any atom is -0.507 e. The molecule has 1 aliphatic rings. The lowest BCUT2D eigenvalue weighted by Crippen LogP contribution is -2.22. The molecule has 2 rings (SSSR count). The SMILES string of the molecule is CCCC(=O)CCc1c(O)c(O)c2c(c1O)C(=O)C(=O)C(O)=C2. The summed E-state index contributed by atoms with van der Waals surface area (Å²) in [6.07, 6.45) is 1.72. The van der Waals surface area contributed by atoms with Crippen molar-refractivity contribution in [2.75, 3.05) is 0 Å². The molecule has 0 heterocycles. The third-order valence-corrected chi connectivity index (χ3v) is 3.69. The summed E-state index contributed by atoms with van der Waals surface area (Å²) in [6.45, 7) is 1.83. The summed E-state index contributed by atoms with van der Waals surface area (Å²) >= 11 is 0. The number of carbonyl (C=O) groups is 3. The van der Waals surface area contributed by atoms with E-state index in [2.05, 4.69) is 0 Å². The summed E-state index contributed by atoms with van der Waals surface area (Å²) in [4.78, 5) is 35.0. The van der Waals surface area contributed by atoms with Crippen LogP contribution in [0.3, 0.4) is 0 Å². The number of rotatable bonds is 5. The maximum atomic E-state index is 11.9. The number of hydrogen-bond acceptors (Lipinski definition) is 7. The summed E-state index contributed by atoms with van der Waals surface area (Å²) in [5, 5.41) is 39.5. The van der Waals surface area contributed by atoms with E-state index >= 15 is 0 Å². The van der Waals surface area contributed by atoms with Crippen molar-refractivity contribution in [2.45, 2.75) is 32.6 Å². The number of aliphatic hydroxyl groups is 1. The minimum atomic E-state index is -1.22. The normalized spacial score (nSPS) is 13.7. The minimum absolute atomic E-state index is 0.0103. The summed E-state index contributed by atoms with van der Waals surface area (Å²) < 4.78 is 0. The molecule has 0 amide bonds. The van der Waals surface area contributed by atoms with E-state index < -0.39 is 40.1 Å². The number of allylic oxidation sites excluding steroid dienone is 1. The number of aromatic hydroxyl groups is 3. The molecule has 23 heavy (non-hydrogen) atoms. The van der Waals surface area contributed by atoms with E-state index in [1.54, 1.807) is 0 Å². The van der Waals surface area contributed by atoms with Gasteiger partial charge in [0.1, 0.15) is 11.5 Å². The average molecular weight is 320 g/mol. The smallest absolute Gasteiger partial charge is 0.267 e. The van der Waals surface area contributed by atoms with E-state index in [1.165, 1.54) is 0 Å². The van der Waals surface area contributed by atoms with Crippen LogP contribution in [0.1, 0.15) is 47.7 Å². The molecule has 0 aromatic heterocycles. The van der Waals surface area contributed by atoms with Gasteiger partial charge in [0.25, 0.3) is 5.78 Å². The number of hydrogen-bond donors (Lipinski definition) is 4. The molecule has 7 nitrogen and oxygen atoms in total. The van der Waals surface area contributed by atoms with Gasteiger partial charge in [0, 0.05) is 24.0 Å². The van der Waals surface area contributed by atoms with E-state index in [9.17, 15) is 34.8 Å². The molecule has 1 aromatic rings. The van der Waals surface area contributed by atoms with Gasteiger partial charge >= 0.3 is 0 Å². The van der Waals surface area contributed by atoms with Crippen molar-refractivity contribution in [3.05, 3.63) is 22.4 Å². The lowest BCUT2D eigenvalue weighted by Gasteiger charge is -2.18. The molecule has 1 aromatic carbocycles. The van der Waals surface area contributed by atoms with Crippen LogP contribution in [-0.2, 0) is 16.0 Å². The first kappa shape index (κ1) is 16.5. The number of fused-ring (bicyclic) bond motifs is 1. The molecule has 1 aliphatic carbocycles. The number of Topliss-reactive ketones (excluding diaryl/α,β-unsaturated/α-hetero) is 3. The van der Waals surface area contributed by atoms with Crippen molar-refractivity contribution in [1.82, 2.24) is 0 Å². The molecule has 0 bridgehead atoms. The van der Waals surface area contributed by atoms with Crippen molar-refractivity contribution in [2.24, 2.45) is 0 Å². The fraction of sp³-hybridized carbons (Fsp3) is 0.312. The number of phenols is 3. The Bertz CT molecular complexity index is 744. The molecule has 7 heteroatoms. The van der Waals surface area contributed by atoms with Gasteiger partial charge in [-0.3, -0.25) is 14.4 Å². The van der Waals surface area contributed by atoms with Crippen molar-refractivity contribution < 1.29 is 34.8 Å². The second-order valence-corrected chi connectivity index (χ2v) is 5.29. The lowest BCUT2D eigenvalue weighted by molar-refractivity contribution is -0.119. The van der Waals surface area contributed by atoms with Gasteiger partial charge in [-0.25, -0.2) is 0 Å². The second-order valence-electron chi connectivity index (χ2n) is 5.29. The third-order valence-electron chi connectivity index (χ3n) is 3.69. The number of carbonyl (C=O) groups excluding carboxylic acids is 3. The second kappa shape index (κ2) is 6.12. The Balaban J connectivity index is 2.52. The van der Waals surface area contributed by atoms with Crippen LogP contribution >= 0.6 is 0 Å². The molecular weight excluding hydrogens is 304 g/mol. The topological polar surface area (TPSA) is 132 Å². The summed E-state index contributed by atoms with van der Waals surface area (Å²) in [5.74, 6) is -5.47. The van der Waals surface area contributed by atoms with E-state index in [0.717, 1.165) is 6.08 Å². The number of phenolic OH excluding ortho intramolecular Hbond substituents is 3. The molecule has 0 saturated heterocycles. The Morgan fingerprint density at radius 2 is 1.61 bits per heavy atom. The van der Waals surface area contributed by atoms with Crippen LogP contribution in [0.4, 0.5) is 0 Å². The number of aliphatic hydroxyl groups excluding tert-OH is 1. The van der Waals surface area contributed by atoms with Crippen LogP contribution in [0.25, 0.3) is 6.08 Å². The van der Waals surface area contributed by atoms with Gasteiger partial charge in [-0.05, 0) is 18.9 Å². The van der Waals surface area contributed by atoms with Gasteiger partial charge < -0.3 is 20.4 Å². The highest BCUT2D eigenvalue weighted by atomic mass is 16.3. The van der Waals surface area contributed by atoms with Crippen molar-refractivity contribution in [1.29, 1.82) is 0 Å². The molecule has 0 radical (unpaired) electrons. The molecule has 0 unspecified atom stereocenters. The molecule has 0 spiro atoms. The third kappa shape index (κ3) is 2.77. The van der Waals surface area contributed by atoms with E-state index in [1.807, 2.05) is 6.92 Å². The maximum Gasteiger partial charge on any atom is 0.267 e. The summed E-state index contributed by atoms with van der Waals surface area (Å²) in [6, 6.07) is 0. The van der Waals surface area contributed by atoms with Crippen LogP contribution < -0.4 is 0 Å². The Morgan fingerprint density at radius 1 is 0.957 bits per heavy atom. The van der Waals surface area contributed by atoms with Gasteiger partial charge in [-0.2, -0.15) is 0 Å². The fourth-order valence-corrected chi connectivity index (χ4v) is 2.49. The Hall–Kier alpha value is -2.83. The van der Waals surface area contributed by atoms with Crippen LogP contribution in [0.2, 0.25) is 0 Å². The van der Waals surface area contributed by atoms with Crippen LogP contribution in [0.15, 0.2) is 5.76 Å². The summed E-state index contributed by atoms with van der Waals surface area (Å²) in [7, 11) is 0. The monoisotopic (exact) mass is 320 g/mol. The predicted molar refractivity (Wildman–Crippen MR) is 79.6 cm³/mol. The van der Waals surface area contributed by atoms with Gasteiger partial charge in [-0.1, -0.05) is 6.92 Å². The zero-order chi connectivity index (χ0) is 17.3. The number of benzene rings is 1. The predicted octanol–water partition coefficient (Wildman–Crippen LogP) is 1.77. The van der Waals surface area contributed by atoms with Crippen molar-refractivity contribution >= 4 is 23.4 Å². The highest BCUT2D eigenvalue weighted by Gasteiger charge is 2.35. The molecular formula is C16H16O7. The molecule has 4 N–H and O–H groups in total. The highest BCUT2D eigenvalue weighted by Crippen LogP contribution is 2.45. The molecule has 122 valence electrons. The zero-order valence-corrected chi connectivity index (χ0v) is 12.4. The zero-order valence-electron chi connectivity index (χ0n) is 12.4. The first-order chi connectivity index (χ1) is 10.8. The van der Waals surface area contributed by atoms with Gasteiger partial charge in [-0.15, -0.1) is 0 Å². The van der Waals surface area contributed by atoms with E-state index in [4.69, 9.17) is 0 Å². The first-order valence-electron chi connectivity index (χ1n) is 7.10. The van der Waals surface area contributed by atoms with Crippen LogP contribution in [-0.4, -0.2) is 37.8 Å². The Morgan fingerprint density at radius 3 is 2.22 bits per heavy atom. The largest absolute Gasteiger partial charge is 0.507 e. The van der Waals surface area contributed by atoms with Crippen LogP contribution in [0.5, 0.6) is 17.2 Å². The van der Waals surface area contributed by atoms with Gasteiger partial charge in [0.2, 0.25) is 5.78 Å². The average Bonchev–Trinajstić information content (AvgIpc) is 2.50. The standard InChI is InChI=1S/C16H16O7/c1-2-3-7(17)4-5-8-12(19)11-9(14(21)13(8)20)6-10(18)15(22)16(11)23/h6,18-21H,2-5H2,1H3. The highest BCUT2D eigenvalue weighted by molar-refractivity contribution is 6.51. The number of ketones is 3. The molecule has 0 aliphatic heterocycles. The fourth-order valence-electron chi connectivity index (χ4n) is 2.49.